The van der Waals surface area contributed by atoms with E-state index in [2.05, 4.69) is 41.0 Å². The summed E-state index contributed by atoms with van der Waals surface area (Å²) < 4.78 is 0. The van der Waals surface area contributed by atoms with Crippen molar-refractivity contribution < 1.29 is 5.11 Å². The molecule has 0 radical (unpaired) electrons. The van der Waals surface area contributed by atoms with Crippen LogP contribution in [0.2, 0.25) is 0 Å². The number of benzene rings is 1. The minimum Gasteiger partial charge on any atom is -0.395 e. The van der Waals surface area contributed by atoms with Crippen molar-refractivity contribution >= 4 is 0 Å². The summed E-state index contributed by atoms with van der Waals surface area (Å²) in [5.74, 6) is 0. The molecular formula is C17H26N2O. The first-order valence-electron chi connectivity index (χ1n) is 7.84. The second kappa shape index (κ2) is 5.84. The van der Waals surface area contributed by atoms with Crippen molar-refractivity contribution in [1.82, 2.24) is 9.80 Å². The van der Waals surface area contributed by atoms with Gasteiger partial charge in [0.25, 0.3) is 0 Å². The summed E-state index contributed by atoms with van der Waals surface area (Å²) in [7, 11) is 0. The van der Waals surface area contributed by atoms with E-state index in [0.29, 0.717) is 0 Å². The molecule has 20 heavy (non-hydrogen) atoms. The minimum absolute atomic E-state index is 0.150. The van der Waals surface area contributed by atoms with E-state index in [1.54, 1.807) is 0 Å². The van der Waals surface area contributed by atoms with Crippen LogP contribution in [0.3, 0.4) is 0 Å². The molecule has 1 aromatic rings. The van der Waals surface area contributed by atoms with E-state index >= 15 is 0 Å². The molecular weight excluding hydrogens is 248 g/mol. The van der Waals surface area contributed by atoms with Gasteiger partial charge in [0.15, 0.2) is 0 Å². The lowest BCUT2D eigenvalue weighted by Gasteiger charge is -2.40. The van der Waals surface area contributed by atoms with Crippen LogP contribution in [-0.2, 0) is 5.41 Å². The molecule has 0 aromatic heterocycles. The molecule has 1 unspecified atom stereocenters. The quantitative estimate of drug-likeness (QED) is 0.885. The summed E-state index contributed by atoms with van der Waals surface area (Å²) in [4.78, 5) is 5.15. The van der Waals surface area contributed by atoms with Crippen LogP contribution in [0.4, 0.5) is 0 Å². The topological polar surface area (TPSA) is 26.7 Å². The van der Waals surface area contributed by atoms with Gasteiger partial charge >= 0.3 is 0 Å². The largest absolute Gasteiger partial charge is 0.395 e. The van der Waals surface area contributed by atoms with Crippen LogP contribution in [0.1, 0.15) is 25.3 Å². The van der Waals surface area contributed by atoms with Gasteiger partial charge in [0.1, 0.15) is 0 Å². The third-order valence-corrected chi connectivity index (χ3v) is 4.86. The first-order chi connectivity index (χ1) is 9.71. The van der Waals surface area contributed by atoms with Gasteiger partial charge in [-0.1, -0.05) is 37.3 Å². The van der Waals surface area contributed by atoms with Gasteiger partial charge in [-0.15, -0.1) is 0 Å². The number of hydrogen-bond acceptors (Lipinski definition) is 3. The SMILES string of the molecule is CC(CO)(CN1CCN(C2CC2)CC1)c1ccccc1. The smallest absolute Gasteiger partial charge is 0.0537 e. The molecule has 1 N–H and O–H groups in total. The highest BCUT2D eigenvalue weighted by atomic mass is 16.3. The Morgan fingerprint density at radius 1 is 1.10 bits per heavy atom. The molecule has 1 aliphatic heterocycles. The number of hydrogen-bond donors (Lipinski definition) is 1. The predicted molar refractivity (Wildman–Crippen MR) is 81.9 cm³/mol. The standard InChI is InChI=1S/C17H26N2O/c1-17(14-20,15-5-3-2-4-6-15)13-18-9-11-19(12-10-18)16-7-8-16/h2-6,16,20H,7-14H2,1H3. The first kappa shape index (κ1) is 14.1. The Bertz CT molecular complexity index is 424. The second-order valence-electron chi connectivity index (χ2n) is 6.63. The maximum absolute atomic E-state index is 9.88. The van der Waals surface area contributed by atoms with Gasteiger partial charge < -0.3 is 5.11 Å². The summed E-state index contributed by atoms with van der Waals surface area (Å²) in [5, 5.41) is 9.88. The van der Waals surface area contributed by atoms with Crippen molar-refractivity contribution in [1.29, 1.82) is 0 Å². The highest BCUT2D eigenvalue weighted by Crippen LogP contribution is 2.29. The van der Waals surface area contributed by atoms with Gasteiger partial charge in [-0.25, -0.2) is 0 Å². The molecule has 3 nitrogen and oxygen atoms in total. The number of piperazine rings is 1. The Kier molecular flexibility index (Phi) is 4.11. The van der Waals surface area contributed by atoms with Gasteiger partial charge in [0.05, 0.1) is 6.61 Å². The Hall–Kier alpha value is -0.900. The van der Waals surface area contributed by atoms with Crippen molar-refractivity contribution in [3.8, 4) is 0 Å². The first-order valence-corrected chi connectivity index (χ1v) is 7.84. The van der Waals surface area contributed by atoms with Crippen molar-refractivity contribution in [3.63, 3.8) is 0 Å². The molecule has 1 heterocycles. The van der Waals surface area contributed by atoms with Crippen LogP contribution in [0, 0.1) is 0 Å². The average Bonchev–Trinajstić information content (AvgIpc) is 3.33. The van der Waals surface area contributed by atoms with Crippen molar-refractivity contribution in [2.45, 2.75) is 31.2 Å². The Morgan fingerprint density at radius 2 is 1.75 bits per heavy atom. The molecule has 2 fully saturated rings. The molecule has 0 spiro atoms. The molecule has 0 bridgehead atoms. The Balaban J connectivity index is 1.60. The van der Waals surface area contributed by atoms with Gasteiger partial charge in [-0.05, 0) is 18.4 Å². The molecule has 2 aliphatic rings. The molecule has 1 saturated heterocycles. The summed E-state index contributed by atoms with van der Waals surface area (Å²) in [5.41, 5.74) is 1.09. The predicted octanol–water partition coefficient (Wildman–Crippen LogP) is 1.72. The summed E-state index contributed by atoms with van der Waals surface area (Å²) in [6, 6.07) is 11.3. The third-order valence-electron chi connectivity index (χ3n) is 4.86. The van der Waals surface area contributed by atoms with E-state index in [1.165, 1.54) is 31.5 Å². The van der Waals surface area contributed by atoms with Crippen molar-refractivity contribution in [3.05, 3.63) is 35.9 Å². The fraction of sp³-hybridized carbons (Fsp3) is 0.647. The highest BCUT2D eigenvalue weighted by molar-refractivity contribution is 5.25. The molecule has 3 heteroatoms. The molecule has 0 amide bonds. The number of aliphatic hydroxyl groups is 1. The third kappa shape index (κ3) is 3.05. The monoisotopic (exact) mass is 274 g/mol. The van der Waals surface area contributed by atoms with Crippen LogP contribution in [0.5, 0.6) is 0 Å². The summed E-state index contributed by atoms with van der Waals surface area (Å²) >= 11 is 0. The molecule has 1 atom stereocenters. The molecule has 110 valence electrons. The van der Waals surface area contributed by atoms with E-state index < -0.39 is 0 Å². The lowest BCUT2D eigenvalue weighted by molar-refractivity contribution is 0.0875. The van der Waals surface area contributed by atoms with Crippen molar-refractivity contribution in [2.75, 3.05) is 39.3 Å². The molecule has 1 saturated carbocycles. The van der Waals surface area contributed by atoms with Gasteiger partial charge in [-0.2, -0.15) is 0 Å². The van der Waals surface area contributed by atoms with Gasteiger partial charge in [0, 0.05) is 44.2 Å². The molecule has 1 aliphatic carbocycles. The van der Waals surface area contributed by atoms with Crippen LogP contribution in [0.25, 0.3) is 0 Å². The van der Waals surface area contributed by atoms with Crippen LogP contribution >= 0.6 is 0 Å². The summed E-state index contributed by atoms with van der Waals surface area (Å²) in [6.07, 6.45) is 2.80. The fourth-order valence-corrected chi connectivity index (χ4v) is 3.29. The summed E-state index contributed by atoms with van der Waals surface area (Å²) in [6.45, 7) is 8.00. The van der Waals surface area contributed by atoms with Gasteiger partial charge in [-0.3, -0.25) is 9.80 Å². The minimum atomic E-state index is -0.150. The lowest BCUT2D eigenvalue weighted by Crippen LogP contribution is -2.51. The zero-order valence-electron chi connectivity index (χ0n) is 12.5. The van der Waals surface area contributed by atoms with Crippen LogP contribution in [-0.4, -0.2) is 60.3 Å². The van der Waals surface area contributed by atoms with E-state index in [-0.39, 0.29) is 12.0 Å². The van der Waals surface area contributed by atoms with E-state index in [0.717, 1.165) is 25.7 Å². The van der Waals surface area contributed by atoms with E-state index in [4.69, 9.17) is 0 Å². The van der Waals surface area contributed by atoms with E-state index in [9.17, 15) is 5.11 Å². The Morgan fingerprint density at radius 3 is 2.30 bits per heavy atom. The van der Waals surface area contributed by atoms with Crippen molar-refractivity contribution in [2.24, 2.45) is 0 Å². The molecule has 3 rings (SSSR count). The lowest BCUT2D eigenvalue weighted by atomic mass is 9.82. The normalized spacial score (nSPS) is 24.5. The van der Waals surface area contributed by atoms with Crippen LogP contribution < -0.4 is 0 Å². The Labute approximate surface area is 122 Å². The highest BCUT2D eigenvalue weighted by Gasteiger charge is 2.34. The number of aliphatic hydroxyl groups excluding tert-OH is 1. The average molecular weight is 274 g/mol. The van der Waals surface area contributed by atoms with E-state index in [1.807, 2.05) is 6.07 Å². The molecule has 1 aromatic carbocycles. The van der Waals surface area contributed by atoms with Crippen LogP contribution in [0.15, 0.2) is 30.3 Å². The van der Waals surface area contributed by atoms with Gasteiger partial charge in [0.2, 0.25) is 0 Å². The maximum Gasteiger partial charge on any atom is 0.0537 e. The zero-order valence-corrected chi connectivity index (χ0v) is 12.5. The maximum atomic E-state index is 9.88. The number of nitrogens with zero attached hydrogens (tertiary/aromatic N) is 2. The fourth-order valence-electron chi connectivity index (χ4n) is 3.29. The zero-order chi connectivity index (χ0) is 14.0. The number of rotatable bonds is 5. The second-order valence-corrected chi connectivity index (χ2v) is 6.63.